The van der Waals surface area contributed by atoms with E-state index < -0.39 is 8.32 Å². The van der Waals surface area contributed by atoms with Crippen LogP contribution in [0.1, 0.15) is 45.4 Å². The summed E-state index contributed by atoms with van der Waals surface area (Å²) >= 11 is 0. The minimum atomic E-state index is -1.54. The number of hydrogen-bond acceptors (Lipinski definition) is 3. The fourth-order valence-corrected chi connectivity index (χ4v) is 4.19. The highest BCUT2D eigenvalue weighted by atomic mass is 28.4. The molecule has 3 nitrogen and oxygen atoms in total. The number of esters is 1. The lowest BCUT2D eigenvalue weighted by atomic mass is 9.82. The molecule has 0 amide bonds. The van der Waals surface area contributed by atoms with Gasteiger partial charge in [-0.15, -0.1) is 0 Å². The van der Waals surface area contributed by atoms with Gasteiger partial charge >= 0.3 is 5.97 Å². The maximum Gasteiger partial charge on any atom is 0.307 e. The lowest BCUT2D eigenvalue weighted by Gasteiger charge is -2.41. The van der Waals surface area contributed by atoms with E-state index in [1.807, 2.05) is 6.08 Å². The summed E-state index contributed by atoms with van der Waals surface area (Å²) in [4.78, 5) is 10.7. The summed E-state index contributed by atoms with van der Waals surface area (Å²) < 4.78 is 11.3. The highest BCUT2D eigenvalue weighted by Crippen LogP contribution is 2.37. The molecule has 0 unspecified atom stereocenters. The van der Waals surface area contributed by atoms with Crippen molar-refractivity contribution in [2.45, 2.75) is 70.7 Å². The number of carbonyl (C=O) groups is 1. The predicted molar refractivity (Wildman–Crippen MR) is 75.8 cm³/mol. The normalized spacial score (nSPS) is 20.0. The number of ether oxygens (including phenoxy) is 1. The Kier molecular flexibility index (Phi) is 5.60. The number of rotatable bonds is 5. The van der Waals surface area contributed by atoms with Gasteiger partial charge < -0.3 is 9.16 Å². The highest BCUT2D eigenvalue weighted by molar-refractivity contribution is 6.69. The van der Waals surface area contributed by atoms with Crippen LogP contribution < -0.4 is 0 Å². The van der Waals surface area contributed by atoms with Crippen LogP contribution in [0, 0.1) is 0 Å². The molecule has 1 aliphatic rings. The van der Waals surface area contributed by atoms with Crippen LogP contribution in [0.3, 0.4) is 0 Å². The van der Waals surface area contributed by atoms with E-state index >= 15 is 0 Å². The van der Waals surface area contributed by atoms with Crippen molar-refractivity contribution >= 4 is 14.3 Å². The van der Waals surface area contributed by atoms with Crippen molar-refractivity contribution in [3.05, 3.63) is 12.3 Å². The summed E-state index contributed by atoms with van der Waals surface area (Å²) in [7, 11) is -1.54. The molecule has 1 rings (SSSR count). The SMILES string of the molecule is CC(=O)O/C=C\CC1(O[Si](C)(C)C)CCCCC1. The van der Waals surface area contributed by atoms with E-state index in [0.29, 0.717) is 0 Å². The Morgan fingerprint density at radius 3 is 2.33 bits per heavy atom. The molecule has 0 N–H and O–H groups in total. The standard InChI is InChI=1S/C14H26O3Si/c1-13(15)16-12-8-11-14(17-18(2,3)4)9-6-5-7-10-14/h8,12H,5-7,9-11H2,1-4H3/b12-8-. The smallest absolute Gasteiger partial charge is 0.307 e. The quantitative estimate of drug-likeness (QED) is 0.430. The molecule has 18 heavy (non-hydrogen) atoms. The Hall–Kier alpha value is -0.613. The van der Waals surface area contributed by atoms with Crippen molar-refractivity contribution in [3.63, 3.8) is 0 Å². The van der Waals surface area contributed by atoms with Gasteiger partial charge in [0.05, 0.1) is 11.9 Å². The van der Waals surface area contributed by atoms with E-state index in [1.165, 1.54) is 32.4 Å². The topological polar surface area (TPSA) is 35.5 Å². The zero-order valence-electron chi connectivity index (χ0n) is 12.1. The van der Waals surface area contributed by atoms with Gasteiger partial charge in [-0.2, -0.15) is 0 Å². The summed E-state index contributed by atoms with van der Waals surface area (Å²) in [5, 5.41) is 0. The molecule has 0 spiro atoms. The van der Waals surface area contributed by atoms with Crippen LogP contribution in [0.2, 0.25) is 19.6 Å². The van der Waals surface area contributed by atoms with Crippen LogP contribution in [0.5, 0.6) is 0 Å². The van der Waals surface area contributed by atoms with Crippen LogP contribution in [0.15, 0.2) is 12.3 Å². The largest absolute Gasteiger partial charge is 0.435 e. The van der Waals surface area contributed by atoms with Gasteiger partial charge in [-0.3, -0.25) is 4.79 Å². The molecule has 0 saturated heterocycles. The Morgan fingerprint density at radius 2 is 1.83 bits per heavy atom. The Labute approximate surface area is 112 Å². The van der Waals surface area contributed by atoms with Crippen LogP contribution in [0.25, 0.3) is 0 Å². The lowest BCUT2D eigenvalue weighted by Crippen LogP contribution is -2.43. The van der Waals surface area contributed by atoms with E-state index in [2.05, 4.69) is 19.6 Å². The number of hydrogen-bond donors (Lipinski definition) is 0. The molecule has 1 saturated carbocycles. The lowest BCUT2D eigenvalue weighted by molar-refractivity contribution is -0.135. The molecule has 0 atom stereocenters. The third-order valence-electron chi connectivity index (χ3n) is 3.11. The molecule has 1 aliphatic carbocycles. The summed E-state index contributed by atoms with van der Waals surface area (Å²) in [5.41, 5.74) is -0.0145. The number of carbonyl (C=O) groups excluding carboxylic acids is 1. The fraction of sp³-hybridized carbons (Fsp3) is 0.786. The summed E-state index contributed by atoms with van der Waals surface area (Å²) in [6.07, 6.45) is 10.3. The maximum absolute atomic E-state index is 10.7. The minimum absolute atomic E-state index is 0.0145. The van der Waals surface area contributed by atoms with E-state index in [4.69, 9.17) is 9.16 Å². The second-order valence-electron chi connectivity index (χ2n) is 6.14. The maximum atomic E-state index is 10.7. The average Bonchev–Trinajstić information content (AvgIpc) is 2.23. The fourth-order valence-electron chi connectivity index (χ4n) is 2.60. The molecule has 0 bridgehead atoms. The Morgan fingerprint density at radius 1 is 1.22 bits per heavy atom. The van der Waals surface area contributed by atoms with Crippen LogP contribution >= 0.6 is 0 Å². The second kappa shape index (κ2) is 6.52. The van der Waals surface area contributed by atoms with E-state index in [1.54, 1.807) is 0 Å². The van der Waals surface area contributed by atoms with Gasteiger partial charge in [0.25, 0.3) is 0 Å². The third-order valence-corrected chi connectivity index (χ3v) is 4.15. The van der Waals surface area contributed by atoms with E-state index in [0.717, 1.165) is 19.3 Å². The summed E-state index contributed by atoms with van der Waals surface area (Å²) in [6, 6.07) is 0. The van der Waals surface area contributed by atoms with Gasteiger partial charge in [0.15, 0.2) is 8.32 Å². The zero-order chi connectivity index (χ0) is 13.6. The van der Waals surface area contributed by atoms with Gasteiger partial charge in [-0.1, -0.05) is 19.3 Å². The first-order valence-electron chi connectivity index (χ1n) is 6.85. The molecule has 0 aromatic heterocycles. The molecular weight excluding hydrogens is 244 g/mol. The van der Waals surface area contributed by atoms with Crippen molar-refractivity contribution < 1.29 is 14.0 Å². The predicted octanol–water partition coefficient (Wildman–Crippen LogP) is 4.01. The van der Waals surface area contributed by atoms with Gasteiger partial charge in [0.1, 0.15) is 0 Å². The molecule has 0 heterocycles. The molecule has 4 heteroatoms. The first-order chi connectivity index (χ1) is 8.33. The van der Waals surface area contributed by atoms with Crippen molar-refractivity contribution in [3.8, 4) is 0 Å². The molecule has 104 valence electrons. The highest BCUT2D eigenvalue weighted by Gasteiger charge is 2.36. The van der Waals surface area contributed by atoms with Gasteiger partial charge in [-0.05, 0) is 45.0 Å². The Balaban J connectivity index is 2.60. The average molecular weight is 270 g/mol. The van der Waals surface area contributed by atoms with Gasteiger partial charge in [0.2, 0.25) is 0 Å². The van der Waals surface area contributed by atoms with Crippen molar-refractivity contribution in [1.82, 2.24) is 0 Å². The van der Waals surface area contributed by atoms with Crippen molar-refractivity contribution in [2.24, 2.45) is 0 Å². The van der Waals surface area contributed by atoms with E-state index in [9.17, 15) is 4.79 Å². The molecule has 0 aromatic carbocycles. The van der Waals surface area contributed by atoms with Gasteiger partial charge in [-0.25, -0.2) is 0 Å². The molecule has 0 radical (unpaired) electrons. The Bertz CT molecular complexity index is 299. The van der Waals surface area contributed by atoms with Crippen LogP contribution in [0.4, 0.5) is 0 Å². The second-order valence-corrected chi connectivity index (χ2v) is 10.6. The van der Waals surface area contributed by atoms with Crippen molar-refractivity contribution in [2.75, 3.05) is 0 Å². The molecule has 0 aliphatic heterocycles. The van der Waals surface area contributed by atoms with Crippen molar-refractivity contribution in [1.29, 1.82) is 0 Å². The summed E-state index contributed by atoms with van der Waals surface area (Å²) in [5.74, 6) is -0.268. The van der Waals surface area contributed by atoms with Crippen LogP contribution in [-0.4, -0.2) is 19.9 Å². The minimum Gasteiger partial charge on any atom is -0.435 e. The van der Waals surface area contributed by atoms with Crippen LogP contribution in [-0.2, 0) is 14.0 Å². The molecule has 0 aromatic rings. The first-order valence-corrected chi connectivity index (χ1v) is 10.3. The molecule has 1 fully saturated rings. The zero-order valence-corrected chi connectivity index (χ0v) is 13.1. The van der Waals surface area contributed by atoms with Gasteiger partial charge in [0, 0.05) is 6.92 Å². The monoisotopic (exact) mass is 270 g/mol. The summed E-state index contributed by atoms with van der Waals surface area (Å²) in [6.45, 7) is 8.12. The van der Waals surface area contributed by atoms with E-state index in [-0.39, 0.29) is 11.6 Å². The third kappa shape index (κ3) is 5.82. The first kappa shape index (κ1) is 15.4. The molecular formula is C14H26O3Si.